The van der Waals surface area contributed by atoms with Crippen molar-refractivity contribution in [3.8, 4) is 0 Å². The molecule has 84 valence electrons. The van der Waals surface area contributed by atoms with Crippen LogP contribution >= 0.6 is 9.24 Å². The van der Waals surface area contributed by atoms with Crippen molar-refractivity contribution in [2.45, 2.75) is 25.9 Å². The predicted octanol–water partition coefficient (Wildman–Crippen LogP) is 1.87. The Morgan fingerprint density at radius 2 is 1.80 bits per heavy atom. The Morgan fingerprint density at radius 1 is 1.07 bits per heavy atom. The smallest absolute Gasteiger partial charge is 0.0716 e. The van der Waals surface area contributed by atoms with Gasteiger partial charge in [-0.2, -0.15) is 0 Å². The molecule has 0 aliphatic carbocycles. The highest BCUT2D eigenvalue weighted by Gasteiger charge is 1.93. The summed E-state index contributed by atoms with van der Waals surface area (Å²) in [6, 6.07) is 8.29. The maximum Gasteiger partial charge on any atom is 0.0716 e. The topological polar surface area (TPSA) is 29.5 Å². The number of ether oxygens (including phenoxy) is 1. The molecule has 1 N–H and O–H groups in total. The zero-order chi connectivity index (χ0) is 10.9. The molecule has 0 bridgehead atoms. The Morgan fingerprint density at radius 3 is 2.47 bits per heavy atom. The van der Waals surface area contributed by atoms with Gasteiger partial charge in [0, 0.05) is 13.2 Å². The summed E-state index contributed by atoms with van der Waals surface area (Å²) in [5.74, 6) is 0. The van der Waals surface area contributed by atoms with Crippen LogP contribution in [-0.4, -0.2) is 18.3 Å². The molecule has 0 aromatic heterocycles. The Labute approximate surface area is 93.9 Å². The standard InChI is InChI=1S/C12H19O2P/c13-8-2-1-3-9-14-10-11-4-6-12(15)7-5-11/h4-7,13H,1-3,8-10,15H2. The van der Waals surface area contributed by atoms with Gasteiger partial charge in [-0.1, -0.05) is 24.3 Å². The van der Waals surface area contributed by atoms with Gasteiger partial charge >= 0.3 is 0 Å². The van der Waals surface area contributed by atoms with Gasteiger partial charge < -0.3 is 9.84 Å². The van der Waals surface area contributed by atoms with E-state index in [1.54, 1.807) is 0 Å². The molecule has 0 saturated heterocycles. The van der Waals surface area contributed by atoms with E-state index in [0.717, 1.165) is 25.9 Å². The van der Waals surface area contributed by atoms with Crippen LogP contribution in [0.4, 0.5) is 0 Å². The minimum Gasteiger partial charge on any atom is -0.396 e. The lowest BCUT2D eigenvalue weighted by molar-refractivity contribution is 0.115. The normalized spacial score (nSPS) is 10.5. The number of hydrogen-bond donors (Lipinski definition) is 1. The van der Waals surface area contributed by atoms with Crippen molar-refractivity contribution in [2.24, 2.45) is 0 Å². The van der Waals surface area contributed by atoms with Gasteiger partial charge in [0.25, 0.3) is 0 Å². The summed E-state index contributed by atoms with van der Waals surface area (Å²) in [5, 5.41) is 9.78. The molecule has 0 heterocycles. The summed E-state index contributed by atoms with van der Waals surface area (Å²) in [7, 11) is 2.66. The lowest BCUT2D eigenvalue weighted by atomic mass is 10.2. The number of aliphatic hydroxyl groups excluding tert-OH is 1. The van der Waals surface area contributed by atoms with Crippen LogP contribution in [0.5, 0.6) is 0 Å². The second-order valence-corrected chi connectivity index (χ2v) is 4.25. The van der Waals surface area contributed by atoms with Crippen LogP contribution in [-0.2, 0) is 11.3 Å². The summed E-state index contributed by atoms with van der Waals surface area (Å²) >= 11 is 0. The van der Waals surface area contributed by atoms with Gasteiger partial charge in [0.15, 0.2) is 0 Å². The first-order chi connectivity index (χ1) is 7.33. The van der Waals surface area contributed by atoms with Crippen molar-refractivity contribution >= 4 is 14.5 Å². The second-order valence-electron chi connectivity index (χ2n) is 3.58. The fourth-order valence-electron chi connectivity index (χ4n) is 1.30. The van der Waals surface area contributed by atoms with Gasteiger partial charge in [-0.25, -0.2) is 0 Å². The van der Waals surface area contributed by atoms with Crippen LogP contribution in [0.1, 0.15) is 24.8 Å². The third-order valence-electron chi connectivity index (χ3n) is 2.20. The molecule has 3 heteroatoms. The van der Waals surface area contributed by atoms with Crippen molar-refractivity contribution in [1.29, 1.82) is 0 Å². The lowest BCUT2D eigenvalue weighted by Gasteiger charge is -2.04. The molecule has 0 radical (unpaired) electrons. The molecular formula is C12H19O2P. The average Bonchev–Trinajstić information content (AvgIpc) is 2.26. The minimum atomic E-state index is 0.287. The maximum absolute atomic E-state index is 8.58. The Balaban J connectivity index is 2.07. The summed E-state index contributed by atoms with van der Waals surface area (Å²) < 4.78 is 5.52. The van der Waals surface area contributed by atoms with Gasteiger partial charge in [-0.3, -0.25) is 0 Å². The Bertz CT molecular complexity index is 259. The van der Waals surface area contributed by atoms with E-state index < -0.39 is 0 Å². The number of hydrogen-bond acceptors (Lipinski definition) is 2. The van der Waals surface area contributed by atoms with Gasteiger partial charge in [-0.05, 0) is 30.1 Å². The third kappa shape index (κ3) is 5.88. The SMILES string of the molecule is OCCCCCOCc1ccc(P)cc1. The van der Waals surface area contributed by atoms with Crippen LogP contribution in [0.2, 0.25) is 0 Å². The quantitative estimate of drug-likeness (QED) is 0.568. The number of unbranched alkanes of at least 4 members (excludes halogenated alkanes) is 2. The largest absolute Gasteiger partial charge is 0.396 e. The summed E-state index contributed by atoms with van der Waals surface area (Å²) in [4.78, 5) is 0. The third-order valence-corrected chi connectivity index (χ3v) is 2.58. The van der Waals surface area contributed by atoms with E-state index >= 15 is 0 Å². The highest BCUT2D eigenvalue weighted by Crippen LogP contribution is 2.02. The second kappa shape index (κ2) is 7.81. The molecule has 15 heavy (non-hydrogen) atoms. The summed E-state index contributed by atoms with van der Waals surface area (Å²) in [5.41, 5.74) is 1.21. The molecule has 0 aliphatic rings. The van der Waals surface area contributed by atoms with E-state index in [-0.39, 0.29) is 6.61 Å². The van der Waals surface area contributed by atoms with E-state index in [1.165, 1.54) is 10.9 Å². The first-order valence-electron chi connectivity index (χ1n) is 5.36. The van der Waals surface area contributed by atoms with Gasteiger partial charge in [-0.15, -0.1) is 9.24 Å². The van der Waals surface area contributed by atoms with E-state index in [2.05, 4.69) is 33.5 Å². The van der Waals surface area contributed by atoms with Crippen LogP contribution in [0, 0.1) is 0 Å². The average molecular weight is 226 g/mol. The molecule has 2 nitrogen and oxygen atoms in total. The van der Waals surface area contributed by atoms with Crippen LogP contribution < -0.4 is 5.30 Å². The zero-order valence-corrected chi connectivity index (χ0v) is 10.1. The van der Waals surface area contributed by atoms with E-state index in [0.29, 0.717) is 6.61 Å². The van der Waals surface area contributed by atoms with Crippen molar-refractivity contribution in [3.05, 3.63) is 29.8 Å². The van der Waals surface area contributed by atoms with Crippen molar-refractivity contribution in [1.82, 2.24) is 0 Å². The van der Waals surface area contributed by atoms with E-state index in [9.17, 15) is 0 Å². The maximum atomic E-state index is 8.58. The predicted molar refractivity (Wildman–Crippen MR) is 66.4 cm³/mol. The van der Waals surface area contributed by atoms with E-state index in [4.69, 9.17) is 9.84 Å². The molecule has 0 spiro atoms. The minimum absolute atomic E-state index is 0.287. The van der Waals surface area contributed by atoms with Crippen LogP contribution in [0.15, 0.2) is 24.3 Å². The first kappa shape index (κ1) is 12.6. The Hall–Kier alpha value is -0.430. The van der Waals surface area contributed by atoms with E-state index in [1.807, 2.05) is 0 Å². The molecule has 1 aromatic rings. The highest BCUT2D eigenvalue weighted by atomic mass is 31.0. The van der Waals surface area contributed by atoms with Crippen molar-refractivity contribution in [2.75, 3.05) is 13.2 Å². The number of aliphatic hydroxyl groups is 1. The molecule has 1 unspecified atom stereocenters. The number of rotatable bonds is 7. The monoisotopic (exact) mass is 226 g/mol. The van der Waals surface area contributed by atoms with Crippen LogP contribution in [0.3, 0.4) is 0 Å². The summed E-state index contributed by atoms with van der Waals surface area (Å²) in [6.45, 7) is 1.75. The molecule has 1 aromatic carbocycles. The van der Waals surface area contributed by atoms with Crippen LogP contribution in [0.25, 0.3) is 0 Å². The number of benzene rings is 1. The summed E-state index contributed by atoms with van der Waals surface area (Å²) in [6.07, 6.45) is 2.95. The molecule has 0 fully saturated rings. The molecule has 0 amide bonds. The van der Waals surface area contributed by atoms with Crippen molar-refractivity contribution < 1.29 is 9.84 Å². The highest BCUT2D eigenvalue weighted by molar-refractivity contribution is 7.27. The fourth-order valence-corrected chi connectivity index (χ4v) is 1.49. The zero-order valence-electron chi connectivity index (χ0n) is 8.98. The fraction of sp³-hybridized carbons (Fsp3) is 0.500. The first-order valence-corrected chi connectivity index (χ1v) is 5.93. The molecular weight excluding hydrogens is 207 g/mol. The molecule has 1 rings (SSSR count). The lowest BCUT2D eigenvalue weighted by Crippen LogP contribution is -1.97. The van der Waals surface area contributed by atoms with Crippen molar-refractivity contribution in [3.63, 3.8) is 0 Å². The molecule has 0 aliphatic heterocycles. The van der Waals surface area contributed by atoms with Gasteiger partial charge in [0.1, 0.15) is 0 Å². The van der Waals surface area contributed by atoms with Gasteiger partial charge in [0.2, 0.25) is 0 Å². The Kier molecular flexibility index (Phi) is 6.58. The van der Waals surface area contributed by atoms with Gasteiger partial charge in [0.05, 0.1) is 6.61 Å². The molecule has 0 saturated carbocycles. The molecule has 1 atom stereocenters.